The third kappa shape index (κ3) is 3.69. The molecule has 0 N–H and O–H groups in total. The third-order valence-electron chi connectivity index (χ3n) is 4.31. The van der Waals surface area contributed by atoms with Crippen LogP contribution in [0.5, 0.6) is 0 Å². The molecule has 0 aliphatic carbocycles. The van der Waals surface area contributed by atoms with Gasteiger partial charge in [0, 0.05) is 6.42 Å². The maximum atomic E-state index is 6.19. The van der Waals surface area contributed by atoms with Crippen LogP contribution in [-0.2, 0) is 9.47 Å². The smallest absolute Gasteiger partial charge is 0.166 e. The van der Waals surface area contributed by atoms with Crippen molar-refractivity contribution in [1.82, 2.24) is 0 Å². The number of hydrogen-bond donors (Lipinski definition) is 0. The van der Waals surface area contributed by atoms with Crippen LogP contribution in [0.3, 0.4) is 0 Å². The van der Waals surface area contributed by atoms with Crippen LogP contribution < -0.4 is 0 Å². The Bertz CT molecular complexity index is 274. The summed E-state index contributed by atoms with van der Waals surface area (Å²) in [5, 5.41) is 0. The number of likely N-dealkylation sites (N-methyl/N-ethyl adjacent to an activating group) is 1. The van der Waals surface area contributed by atoms with Gasteiger partial charge in [-0.2, -0.15) is 0 Å². The van der Waals surface area contributed by atoms with Crippen molar-refractivity contribution in [3.63, 3.8) is 0 Å². The van der Waals surface area contributed by atoms with E-state index in [2.05, 4.69) is 27.8 Å². The lowest BCUT2D eigenvalue weighted by Gasteiger charge is -2.39. The van der Waals surface area contributed by atoms with E-state index in [0.29, 0.717) is 5.92 Å². The highest BCUT2D eigenvalue weighted by molar-refractivity contribution is 4.76. The maximum Gasteiger partial charge on any atom is 0.166 e. The van der Waals surface area contributed by atoms with Gasteiger partial charge in [0.25, 0.3) is 0 Å². The molecule has 2 heterocycles. The van der Waals surface area contributed by atoms with E-state index in [1.54, 1.807) is 0 Å². The van der Waals surface area contributed by atoms with Gasteiger partial charge < -0.3 is 14.0 Å². The molecule has 0 radical (unpaired) electrons. The molecular weight excluding hydrogens is 226 g/mol. The first kappa shape index (κ1) is 14.3. The van der Waals surface area contributed by atoms with E-state index in [-0.39, 0.29) is 11.9 Å². The van der Waals surface area contributed by atoms with Gasteiger partial charge in [0.05, 0.1) is 26.7 Å². The number of hydrogen-bond acceptors (Lipinski definition) is 2. The van der Waals surface area contributed by atoms with Gasteiger partial charge >= 0.3 is 0 Å². The summed E-state index contributed by atoms with van der Waals surface area (Å²) >= 11 is 0. The lowest BCUT2D eigenvalue weighted by molar-refractivity contribution is -0.916. The van der Waals surface area contributed by atoms with Crippen molar-refractivity contribution in [3.05, 3.63) is 0 Å². The van der Waals surface area contributed by atoms with Crippen molar-refractivity contribution >= 4 is 0 Å². The molecular formula is C15H30NO2+. The molecule has 106 valence electrons. The van der Waals surface area contributed by atoms with Gasteiger partial charge in [-0.05, 0) is 32.1 Å². The first-order chi connectivity index (χ1) is 8.41. The zero-order chi connectivity index (χ0) is 13.2. The van der Waals surface area contributed by atoms with Gasteiger partial charge in [0.15, 0.2) is 5.79 Å². The third-order valence-corrected chi connectivity index (χ3v) is 4.31. The fourth-order valence-corrected chi connectivity index (χ4v) is 3.58. The molecule has 18 heavy (non-hydrogen) atoms. The fraction of sp³-hybridized carbons (Fsp3) is 1.00. The lowest BCUT2D eigenvalue weighted by Crippen LogP contribution is -2.52. The maximum absolute atomic E-state index is 6.19. The molecule has 2 aliphatic rings. The van der Waals surface area contributed by atoms with E-state index >= 15 is 0 Å². The number of quaternary nitrogens is 1. The van der Waals surface area contributed by atoms with Gasteiger partial charge in [0.1, 0.15) is 12.6 Å². The van der Waals surface area contributed by atoms with Crippen LogP contribution >= 0.6 is 0 Å². The summed E-state index contributed by atoms with van der Waals surface area (Å²) in [5.41, 5.74) is 0. The summed E-state index contributed by atoms with van der Waals surface area (Å²) in [6.45, 7) is 11.1. The van der Waals surface area contributed by atoms with Gasteiger partial charge in [-0.3, -0.25) is 0 Å². The molecule has 0 bridgehead atoms. The number of ether oxygens (including phenoxy) is 2. The molecule has 0 aromatic heterocycles. The van der Waals surface area contributed by atoms with Gasteiger partial charge in [-0.1, -0.05) is 13.8 Å². The Balaban J connectivity index is 1.85. The normalized spacial score (nSPS) is 36.2. The minimum absolute atomic E-state index is 0.289. The minimum atomic E-state index is -0.340. The van der Waals surface area contributed by atoms with Crippen molar-refractivity contribution in [1.29, 1.82) is 0 Å². The molecule has 2 atom stereocenters. The largest absolute Gasteiger partial charge is 0.347 e. The van der Waals surface area contributed by atoms with Gasteiger partial charge in [0.2, 0.25) is 0 Å². The average Bonchev–Trinajstić information content (AvgIpc) is 2.58. The highest BCUT2D eigenvalue weighted by atomic mass is 16.7. The molecule has 0 amide bonds. The van der Waals surface area contributed by atoms with Crippen LogP contribution in [0, 0.1) is 5.92 Å². The molecule has 2 unspecified atom stereocenters. The monoisotopic (exact) mass is 256 g/mol. The van der Waals surface area contributed by atoms with Gasteiger partial charge in [-0.15, -0.1) is 0 Å². The number of piperidine rings is 1. The summed E-state index contributed by atoms with van der Waals surface area (Å²) in [6, 6.07) is 0. The number of nitrogens with zero attached hydrogens (tertiary/aromatic N) is 1. The summed E-state index contributed by atoms with van der Waals surface area (Å²) in [7, 11) is 2.38. The quantitative estimate of drug-likeness (QED) is 0.720. The summed E-state index contributed by atoms with van der Waals surface area (Å²) < 4.78 is 13.3. The van der Waals surface area contributed by atoms with Crippen molar-refractivity contribution < 1.29 is 14.0 Å². The van der Waals surface area contributed by atoms with Crippen LogP contribution in [0.1, 0.15) is 46.5 Å². The Labute approximate surface area is 112 Å². The molecule has 3 nitrogen and oxygen atoms in total. The second-order valence-electron chi connectivity index (χ2n) is 7.09. The Morgan fingerprint density at radius 2 is 1.89 bits per heavy atom. The first-order valence-corrected chi connectivity index (χ1v) is 7.56. The molecule has 3 heteroatoms. The Morgan fingerprint density at radius 1 is 1.22 bits per heavy atom. The molecule has 2 rings (SSSR count). The van der Waals surface area contributed by atoms with E-state index in [1.807, 2.05) is 0 Å². The topological polar surface area (TPSA) is 18.5 Å². The van der Waals surface area contributed by atoms with E-state index in [9.17, 15) is 0 Å². The van der Waals surface area contributed by atoms with Crippen molar-refractivity contribution in [2.24, 2.45) is 5.92 Å². The average molecular weight is 256 g/mol. The zero-order valence-electron chi connectivity index (χ0n) is 12.6. The standard InChI is InChI=1S/C15H30NO2/c1-13(2)10-15(3)17-12-14(18-15)11-16(4)8-6-5-7-9-16/h13-14H,5-12H2,1-4H3/q+1. The Hall–Kier alpha value is -0.120. The predicted octanol–water partition coefficient (Wildman–Crippen LogP) is 2.79. The van der Waals surface area contributed by atoms with Crippen LogP contribution in [0.25, 0.3) is 0 Å². The zero-order valence-corrected chi connectivity index (χ0v) is 12.6. The summed E-state index contributed by atoms with van der Waals surface area (Å²) in [6.07, 6.45) is 5.42. The van der Waals surface area contributed by atoms with Crippen molar-refractivity contribution in [2.45, 2.75) is 58.3 Å². The second-order valence-corrected chi connectivity index (χ2v) is 7.09. The molecule has 2 fully saturated rings. The van der Waals surface area contributed by atoms with E-state index in [1.165, 1.54) is 36.8 Å². The first-order valence-electron chi connectivity index (χ1n) is 7.56. The van der Waals surface area contributed by atoms with Crippen LogP contribution in [0.4, 0.5) is 0 Å². The Kier molecular flexibility index (Phi) is 4.35. The molecule has 2 saturated heterocycles. The van der Waals surface area contributed by atoms with Crippen LogP contribution in [0.2, 0.25) is 0 Å². The summed E-state index contributed by atoms with van der Waals surface area (Å²) in [4.78, 5) is 0. The molecule has 0 aromatic rings. The number of rotatable bonds is 4. The molecule has 0 aromatic carbocycles. The van der Waals surface area contributed by atoms with Crippen molar-refractivity contribution in [2.75, 3.05) is 33.3 Å². The van der Waals surface area contributed by atoms with Crippen molar-refractivity contribution in [3.8, 4) is 0 Å². The van der Waals surface area contributed by atoms with Crippen LogP contribution in [0.15, 0.2) is 0 Å². The number of likely N-dealkylation sites (tertiary alicyclic amines) is 1. The summed E-state index contributed by atoms with van der Waals surface area (Å²) in [5.74, 6) is 0.279. The Morgan fingerprint density at radius 3 is 2.50 bits per heavy atom. The highest BCUT2D eigenvalue weighted by Gasteiger charge is 2.41. The molecule has 0 spiro atoms. The van der Waals surface area contributed by atoms with E-state index in [4.69, 9.17) is 9.47 Å². The van der Waals surface area contributed by atoms with E-state index in [0.717, 1.165) is 19.6 Å². The molecule has 0 saturated carbocycles. The minimum Gasteiger partial charge on any atom is -0.347 e. The van der Waals surface area contributed by atoms with Crippen LogP contribution in [-0.4, -0.2) is 49.7 Å². The lowest BCUT2D eigenvalue weighted by atomic mass is 10.0. The highest BCUT2D eigenvalue weighted by Crippen LogP contribution is 2.31. The van der Waals surface area contributed by atoms with Gasteiger partial charge in [-0.25, -0.2) is 0 Å². The van der Waals surface area contributed by atoms with E-state index < -0.39 is 0 Å². The predicted molar refractivity (Wildman–Crippen MR) is 73.3 cm³/mol. The molecule has 2 aliphatic heterocycles. The second kappa shape index (κ2) is 5.48. The SMILES string of the molecule is CC(C)CC1(C)OCC(C[N+]2(C)CCCCC2)O1. The fourth-order valence-electron chi connectivity index (χ4n) is 3.58.